The zero-order valence-electron chi connectivity index (χ0n) is 19.5. The second kappa shape index (κ2) is 9.93. The van der Waals surface area contributed by atoms with Gasteiger partial charge in [0.2, 0.25) is 0 Å². The molecule has 0 spiro atoms. The SMILES string of the molecule is Brc1ccc2ccc3c(c2c1)CCC1=C3C=CC(c2ccccc2)C1.C1=Cc2sccc2CC=N1. The van der Waals surface area contributed by atoms with Gasteiger partial charge in [-0.25, -0.2) is 0 Å². The Hall–Kier alpha value is -3.01. The van der Waals surface area contributed by atoms with Crippen LogP contribution in [0.1, 0.15) is 45.9 Å². The standard InChI is InChI=1S/C24H19Br.C8H7NS/c25-20-10-6-17-7-12-22-21-11-8-18(16-4-2-1-3-5-16)14-19(21)9-13-23(22)24(17)15-20;1-4-9-5-2-8-7(1)3-6-10-8/h1-8,10-12,15,18H,9,13-14H2;2-6H,1H2. The number of rotatable bonds is 1. The largest absolute Gasteiger partial charge is 0.269 e. The van der Waals surface area contributed by atoms with Gasteiger partial charge in [-0.3, -0.25) is 4.99 Å². The molecule has 7 rings (SSSR count). The monoisotopic (exact) mass is 535 g/mol. The number of halogens is 1. The normalized spacial score (nSPS) is 17.8. The van der Waals surface area contributed by atoms with Crippen molar-refractivity contribution in [1.82, 2.24) is 0 Å². The van der Waals surface area contributed by atoms with Gasteiger partial charge in [-0.15, -0.1) is 11.3 Å². The fourth-order valence-electron chi connectivity index (χ4n) is 5.36. The van der Waals surface area contributed by atoms with Gasteiger partial charge in [-0.1, -0.05) is 82.2 Å². The molecule has 2 aliphatic carbocycles. The Labute approximate surface area is 219 Å². The molecule has 0 bridgehead atoms. The van der Waals surface area contributed by atoms with E-state index in [1.54, 1.807) is 16.9 Å². The van der Waals surface area contributed by atoms with Crippen LogP contribution in [0.4, 0.5) is 0 Å². The highest BCUT2D eigenvalue weighted by Crippen LogP contribution is 2.43. The van der Waals surface area contributed by atoms with E-state index in [4.69, 9.17) is 0 Å². The Bertz CT molecular complexity index is 1500. The third-order valence-electron chi connectivity index (χ3n) is 7.14. The molecule has 0 radical (unpaired) electrons. The molecule has 35 heavy (non-hydrogen) atoms. The third-order valence-corrected chi connectivity index (χ3v) is 8.56. The molecular weight excluding hydrogens is 510 g/mol. The predicted molar refractivity (Wildman–Crippen MR) is 155 cm³/mol. The van der Waals surface area contributed by atoms with Gasteiger partial charge in [0.15, 0.2) is 0 Å². The highest BCUT2D eigenvalue weighted by molar-refractivity contribution is 9.10. The van der Waals surface area contributed by atoms with Gasteiger partial charge in [-0.05, 0) is 87.5 Å². The molecule has 0 fully saturated rings. The molecule has 3 aromatic carbocycles. The lowest BCUT2D eigenvalue weighted by Crippen LogP contribution is -2.11. The number of hydrogen-bond acceptors (Lipinski definition) is 2. The topological polar surface area (TPSA) is 12.4 Å². The van der Waals surface area contributed by atoms with E-state index in [-0.39, 0.29) is 0 Å². The van der Waals surface area contributed by atoms with E-state index in [9.17, 15) is 0 Å². The summed E-state index contributed by atoms with van der Waals surface area (Å²) in [5.41, 5.74) is 8.87. The predicted octanol–water partition coefficient (Wildman–Crippen LogP) is 9.39. The van der Waals surface area contributed by atoms with Crippen LogP contribution in [0.15, 0.2) is 106 Å². The second-order valence-corrected chi connectivity index (χ2v) is 11.1. The van der Waals surface area contributed by atoms with E-state index in [1.807, 2.05) is 12.4 Å². The molecule has 1 nitrogen and oxygen atoms in total. The molecule has 172 valence electrons. The molecule has 1 unspecified atom stereocenters. The molecule has 1 atom stereocenters. The Morgan fingerprint density at radius 3 is 2.71 bits per heavy atom. The number of hydrogen-bond donors (Lipinski definition) is 0. The average molecular weight is 537 g/mol. The van der Waals surface area contributed by atoms with Crippen LogP contribution in [0, 0.1) is 0 Å². The first-order valence-corrected chi connectivity index (χ1v) is 13.8. The maximum atomic E-state index is 4.06. The van der Waals surface area contributed by atoms with Gasteiger partial charge in [0.25, 0.3) is 0 Å². The van der Waals surface area contributed by atoms with Crippen molar-refractivity contribution in [1.29, 1.82) is 0 Å². The Morgan fingerprint density at radius 1 is 0.914 bits per heavy atom. The van der Waals surface area contributed by atoms with Crippen LogP contribution < -0.4 is 0 Å². The molecule has 1 aromatic heterocycles. The van der Waals surface area contributed by atoms with Gasteiger partial charge in [-0.2, -0.15) is 0 Å². The van der Waals surface area contributed by atoms with Crippen LogP contribution in [0.5, 0.6) is 0 Å². The van der Waals surface area contributed by atoms with Crippen molar-refractivity contribution in [2.45, 2.75) is 31.6 Å². The lowest BCUT2D eigenvalue weighted by atomic mass is 9.76. The molecule has 1 aliphatic heterocycles. The minimum absolute atomic E-state index is 0.524. The highest BCUT2D eigenvalue weighted by Gasteiger charge is 2.24. The van der Waals surface area contributed by atoms with Crippen LogP contribution >= 0.6 is 27.3 Å². The van der Waals surface area contributed by atoms with Crippen LogP contribution in [0.25, 0.3) is 22.4 Å². The molecule has 0 saturated heterocycles. The number of benzene rings is 3. The van der Waals surface area contributed by atoms with E-state index < -0.39 is 0 Å². The van der Waals surface area contributed by atoms with E-state index in [0.29, 0.717) is 5.92 Å². The van der Waals surface area contributed by atoms with Crippen LogP contribution in [0.2, 0.25) is 0 Å². The summed E-state index contributed by atoms with van der Waals surface area (Å²) in [5.74, 6) is 0.524. The van der Waals surface area contributed by atoms with Crippen molar-refractivity contribution in [2.24, 2.45) is 4.99 Å². The van der Waals surface area contributed by atoms with Gasteiger partial charge in [0.1, 0.15) is 0 Å². The van der Waals surface area contributed by atoms with Gasteiger partial charge in [0.05, 0.1) is 0 Å². The Morgan fingerprint density at radius 2 is 1.80 bits per heavy atom. The summed E-state index contributed by atoms with van der Waals surface area (Å²) in [6.07, 6.45) is 15.1. The van der Waals surface area contributed by atoms with Crippen molar-refractivity contribution in [3.8, 4) is 0 Å². The summed E-state index contributed by atoms with van der Waals surface area (Å²) < 4.78 is 1.16. The Balaban J connectivity index is 0.000000191. The summed E-state index contributed by atoms with van der Waals surface area (Å²) in [6, 6.07) is 24.3. The first kappa shape index (κ1) is 22.5. The fraction of sp³-hybridized carbons (Fsp3) is 0.156. The first-order chi connectivity index (χ1) is 17.3. The highest BCUT2D eigenvalue weighted by atomic mass is 79.9. The number of thiophene rings is 1. The first-order valence-electron chi connectivity index (χ1n) is 12.2. The number of aryl methyl sites for hydroxylation is 1. The molecular formula is C32H26BrNS. The maximum absolute atomic E-state index is 4.06. The van der Waals surface area contributed by atoms with Crippen molar-refractivity contribution in [3.63, 3.8) is 0 Å². The second-order valence-electron chi connectivity index (χ2n) is 9.22. The van der Waals surface area contributed by atoms with E-state index in [0.717, 1.165) is 23.7 Å². The average Bonchev–Trinajstić information content (AvgIpc) is 3.24. The van der Waals surface area contributed by atoms with Gasteiger partial charge < -0.3 is 0 Å². The smallest absolute Gasteiger partial charge is 0.0321 e. The summed E-state index contributed by atoms with van der Waals surface area (Å²) >= 11 is 5.41. The van der Waals surface area contributed by atoms with Gasteiger partial charge >= 0.3 is 0 Å². The summed E-state index contributed by atoms with van der Waals surface area (Å²) in [4.78, 5) is 5.40. The minimum atomic E-state index is 0.524. The number of allylic oxidation sites excluding steroid dienone is 4. The van der Waals surface area contributed by atoms with Gasteiger partial charge in [0, 0.05) is 34.1 Å². The minimum Gasteiger partial charge on any atom is -0.269 e. The van der Waals surface area contributed by atoms with Crippen LogP contribution in [0.3, 0.4) is 0 Å². The van der Waals surface area contributed by atoms with Crippen molar-refractivity contribution >= 4 is 55.9 Å². The number of fused-ring (bicyclic) bond motifs is 5. The molecule has 0 saturated carbocycles. The molecule has 2 heterocycles. The zero-order valence-corrected chi connectivity index (χ0v) is 21.9. The van der Waals surface area contributed by atoms with E-state index in [2.05, 4.69) is 111 Å². The third kappa shape index (κ3) is 4.63. The molecule has 4 aromatic rings. The molecule has 0 amide bonds. The molecule has 3 aliphatic rings. The Kier molecular flexibility index (Phi) is 6.37. The molecule has 3 heteroatoms. The lowest BCUT2D eigenvalue weighted by molar-refractivity contribution is 0.756. The van der Waals surface area contributed by atoms with Crippen LogP contribution in [-0.2, 0) is 12.8 Å². The summed E-state index contributed by atoms with van der Waals surface area (Å²) in [7, 11) is 0. The van der Waals surface area contributed by atoms with Crippen molar-refractivity contribution < 1.29 is 0 Å². The fourth-order valence-corrected chi connectivity index (χ4v) is 6.54. The summed E-state index contributed by atoms with van der Waals surface area (Å²) in [6.45, 7) is 0. The number of nitrogens with zero attached hydrogens (tertiary/aromatic N) is 1. The van der Waals surface area contributed by atoms with Crippen molar-refractivity contribution in [3.05, 3.63) is 128 Å². The maximum Gasteiger partial charge on any atom is 0.0321 e. The summed E-state index contributed by atoms with van der Waals surface area (Å²) in [5, 5.41) is 4.86. The zero-order chi connectivity index (χ0) is 23.6. The van der Waals surface area contributed by atoms with E-state index in [1.165, 1.54) is 49.9 Å². The molecule has 0 N–H and O–H groups in total. The number of aliphatic imine (C=N–C) groups is 1. The van der Waals surface area contributed by atoms with Crippen LogP contribution in [-0.4, -0.2) is 6.21 Å². The lowest BCUT2D eigenvalue weighted by Gasteiger charge is -2.29. The quantitative estimate of drug-likeness (QED) is 0.230. The van der Waals surface area contributed by atoms with E-state index >= 15 is 0 Å². The van der Waals surface area contributed by atoms with Crippen molar-refractivity contribution in [2.75, 3.05) is 0 Å².